The minimum absolute atomic E-state index is 0.393. The third-order valence-electron chi connectivity index (χ3n) is 3.97. The van der Waals surface area contributed by atoms with Gasteiger partial charge < -0.3 is 21.1 Å². The first-order chi connectivity index (χ1) is 14.0. The Morgan fingerprint density at radius 3 is 2.66 bits per heavy atom. The first-order valence-electron chi connectivity index (χ1n) is 9.50. The molecule has 1 amide bonds. The molecule has 7 heteroatoms. The summed E-state index contributed by atoms with van der Waals surface area (Å²) in [6, 6.07) is 10.00. The van der Waals surface area contributed by atoms with Crippen LogP contribution in [0.3, 0.4) is 0 Å². The van der Waals surface area contributed by atoms with Crippen LogP contribution in [0.5, 0.6) is 5.75 Å². The SMILES string of the molecule is CCCCNCCCOc1ccc(NC(=O)C#Cc2ccc(Cl)cc2Cl)cc1N. The van der Waals surface area contributed by atoms with Gasteiger partial charge in [-0.1, -0.05) is 42.5 Å². The Labute approximate surface area is 181 Å². The Morgan fingerprint density at radius 2 is 1.93 bits per heavy atom. The number of amides is 1. The van der Waals surface area contributed by atoms with Crippen LogP contribution in [0.2, 0.25) is 10.0 Å². The van der Waals surface area contributed by atoms with Gasteiger partial charge in [0, 0.05) is 22.2 Å². The van der Waals surface area contributed by atoms with Gasteiger partial charge in [0.15, 0.2) is 0 Å². The average molecular weight is 434 g/mol. The lowest BCUT2D eigenvalue weighted by atomic mass is 10.2. The normalized spacial score (nSPS) is 10.2. The lowest BCUT2D eigenvalue weighted by Gasteiger charge is -2.11. The summed E-state index contributed by atoms with van der Waals surface area (Å²) in [7, 11) is 0. The summed E-state index contributed by atoms with van der Waals surface area (Å²) in [5.74, 6) is 5.35. The smallest absolute Gasteiger partial charge is 0.300 e. The van der Waals surface area contributed by atoms with Crippen LogP contribution in [0.15, 0.2) is 36.4 Å². The van der Waals surface area contributed by atoms with Gasteiger partial charge in [0.25, 0.3) is 0 Å². The molecule has 29 heavy (non-hydrogen) atoms. The third kappa shape index (κ3) is 8.25. The highest BCUT2D eigenvalue weighted by molar-refractivity contribution is 6.35. The van der Waals surface area contributed by atoms with Crippen LogP contribution in [0.4, 0.5) is 11.4 Å². The van der Waals surface area contributed by atoms with Crippen molar-refractivity contribution in [3.8, 4) is 17.6 Å². The minimum Gasteiger partial charge on any atom is -0.491 e. The molecule has 0 heterocycles. The topological polar surface area (TPSA) is 76.4 Å². The maximum atomic E-state index is 12.0. The van der Waals surface area contributed by atoms with Crippen LogP contribution in [0, 0.1) is 11.8 Å². The summed E-state index contributed by atoms with van der Waals surface area (Å²) in [5.41, 5.74) is 7.54. The molecule has 154 valence electrons. The second kappa shape index (κ2) is 12.2. The molecule has 4 N–H and O–H groups in total. The van der Waals surface area contributed by atoms with Crippen LogP contribution in [0.25, 0.3) is 0 Å². The number of carbonyl (C=O) groups excluding carboxylic acids is 1. The number of unbranched alkanes of at least 4 members (excludes halogenated alkanes) is 1. The van der Waals surface area contributed by atoms with E-state index in [1.807, 2.05) is 0 Å². The monoisotopic (exact) mass is 433 g/mol. The fourth-order valence-corrected chi connectivity index (χ4v) is 2.90. The number of benzene rings is 2. The van der Waals surface area contributed by atoms with Crippen molar-refractivity contribution in [2.75, 3.05) is 30.7 Å². The van der Waals surface area contributed by atoms with Crippen molar-refractivity contribution in [2.45, 2.75) is 26.2 Å². The molecule has 2 aromatic carbocycles. The number of nitrogens with one attached hydrogen (secondary N) is 2. The second-order valence-corrected chi connectivity index (χ2v) is 7.23. The fourth-order valence-electron chi connectivity index (χ4n) is 2.44. The summed E-state index contributed by atoms with van der Waals surface area (Å²) < 4.78 is 5.70. The third-order valence-corrected chi connectivity index (χ3v) is 4.52. The van der Waals surface area contributed by atoms with Gasteiger partial charge in [-0.3, -0.25) is 4.79 Å². The number of anilines is 2. The molecule has 5 nitrogen and oxygen atoms in total. The second-order valence-electron chi connectivity index (χ2n) is 6.39. The lowest BCUT2D eigenvalue weighted by Crippen LogP contribution is -2.18. The molecule has 2 rings (SSSR count). The van der Waals surface area contributed by atoms with E-state index in [1.54, 1.807) is 36.4 Å². The Kier molecular flexibility index (Phi) is 9.66. The highest BCUT2D eigenvalue weighted by Crippen LogP contribution is 2.25. The van der Waals surface area contributed by atoms with Crippen molar-refractivity contribution in [1.82, 2.24) is 5.32 Å². The number of nitrogens with two attached hydrogens (primary N) is 1. The van der Waals surface area contributed by atoms with Gasteiger partial charge in [-0.15, -0.1) is 0 Å². The number of carbonyl (C=O) groups is 1. The molecule has 0 saturated carbocycles. The molecule has 0 radical (unpaired) electrons. The predicted octanol–water partition coefficient (Wildman–Crippen LogP) is 4.72. The first kappa shape index (κ1) is 22.9. The Hall–Kier alpha value is -2.39. The van der Waals surface area contributed by atoms with E-state index >= 15 is 0 Å². The van der Waals surface area contributed by atoms with Crippen molar-refractivity contribution in [3.05, 3.63) is 52.0 Å². The molecule has 0 aliphatic rings. The van der Waals surface area contributed by atoms with E-state index < -0.39 is 5.91 Å². The maximum Gasteiger partial charge on any atom is 0.300 e. The number of halogens is 2. The maximum absolute atomic E-state index is 12.0. The lowest BCUT2D eigenvalue weighted by molar-refractivity contribution is -0.111. The van der Waals surface area contributed by atoms with Gasteiger partial charge >= 0.3 is 5.91 Å². The highest BCUT2D eigenvalue weighted by atomic mass is 35.5. The number of rotatable bonds is 9. The molecule has 0 unspecified atom stereocenters. The summed E-state index contributed by atoms with van der Waals surface area (Å²) in [4.78, 5) is 12.0. The van der Waals surface area contributed by atoms with Crippen LogP contribution >= 0.6 is 23.2 Å². The van der Waals surface area contributed by atoms with E-state index in [0.29, 0.717) is 39.3 Å². The summed E-state index contributed by atoms with van der Waals surface area (Å²) >= 11 is 11.9. The van der Waals surface area contributed by atoms with Crippen molar-refractivity contribution >= 4 is 40.5 Å². The van der Waals surface area contributed by atoms with Gasteiger partial charge in [0.2, 0.25) is 0 Å². The molecule has 0 atom stereocenters. The number of hydrogen-bond donors (Lipinski definition) is 3. The van der Waals surface area contributed by atoms with Crippen LogP contribution in [-0.4, -0.2) is 25.6 Å². The zero-order valence-electron chi connectivity index (χ0n) is 16.4. The first-order valence-corrected chi connectivity index (χ1v) is 10.3. The molecule has 0 aromatic heterocycles. The molecule has 0 saturated heterocycles. The largest absolute Gasteiger partial charge is 0.491 e. The predicted molar refractivity (Wildman–Crippen MR) is 121 cm³/mol. The van der Waals surface area contributed by atoms with E-state index in [0.717, 1.165) is 19.5 Å². The van der Waals surface area contributed by atoms with Gasteiger partial charge in [-0.05, 0) is 62.3 Å². The van der Waals surface area contributed by atoms with Crippen LogP contribution < -0.4 is 21.1 Å². The zero-order valence-corrected chi connectivity index (χ0v) is 17.9. The van der Waals surface area contributed by atoms with E-state index in [9.17, 15) is 4.79 Å². The van der Waals surface area contributed by atoms with E-state index in [1.165, 1.54) is 12.8 Å². The van der Waals surface area contributed by atoms with Crippen molar-refractivity contribution in [1.29, 1.82) is 0 Å². The molecule has 0 aliphatic heterocycles. The summed E-state index contributed by atoms with van der Waals surface area (Å²) in [6.07, 6.45) is 3.26. The highest BCUT2D eigenvalue weighted by Gasteiger charge is 2.05. The summed E-state index contributed by atoms with van der Waals surface area (Å²) in [6.45, 7) is 4.67. The number of hydrogen-bond acceptors (Lipinski definition) is 4. The molecule has 0 spiro atoms. The van der Waals surface area contributed by atoms with Crippen LogP contribution in [-0.2, 0) is 4.79 Å². The van der Waals surface area contributed by atoms with Crippen molar-refractivity contribution in [3.63, 3.8) is 0 Å². The quantitative estimate of drug-likeness (QED) is 0.303. The summed E-state index contributed by atoms with van der Waals surface area (Å²) in [5, 5.41) is 6.94. The van der Waals surface area contributed by atoms with Crippen molar-refractivity contribution < 1.29 is 9.53 Å². The molecule has 0 fully saturated rings. The van der Waals surface area contributed by atoms with Crippen LogP contribution in [0.1, 0.15) is 31.7 Å². The average Bonchev–Trinajstić information content (AvgIpc) is 2.68. The van der Waals surface area contributed by atoms with E-state index in [4.69, 9.17) is 33.7 Å². The molecule has 0 aliphatic carbocycles. The Bertz CT molecular complexity index is 891. The molecule has 2 aromatic rings. The van der Waals surface area contributed by atoms with Gasteiger partial charge in [0.05, 0.1) is 17.3 Å². The van der Waals surface area contributed by atoms with Gasteiger partial charge in [-0.25, -0.2) is 0 Å². The number of ether oxygens (including phenoxy) is 1. The van der Waals surface area contributed by atoms with Gasteiger partial charge in [0.1, 0.15) is 5.75 Å². The molecular weight excluding hydrogens is 409 g/mol. The van der Waals surface area contributed by atoms with Gasteiger partial charge in [-0.2, -0.15) is 0 Å². The Balaban J connectivity index is 1.84. The zero-order chi connectivity index (χ0) is 21.1. The minimum atomic E-state index is -0.470. The number of nitrogen functional groups attached to an aromatic ring is 1. The fraction of sp³-hybridized carbons (Fsp3) is 0.318. The molecule has 0 bridgehead atoms. The molecular formula is C22H25Cl2N3O2. The van der Waals surface area contributed by atoms with E-state index in [2.05, 4.69) is 29.4 Å². The standard InChI is InChI=1S/C22H25Cl2N3O2/c1-2-3-11-26-12-4-13-29-21-9-8-18(15-20(21)25)27-22(28)10-6-16-5-7-17(23)14-19(16)24/h5,7-9,14-15,26H,2-4,11-13,25H2,1H3,(H,27,28). The van der Waals surface area contributed by atoms with E-state index in [-0.39, 0.29) is 0 Å². The Morgan fingerprint density at radius 1 is 1.14 bits per heavy atom. The van der Waals surface area contributed by atoms with Crippen molar-refractivity contribution in [2.24, 2.45) is 0 Å².